The van der Waals surface area contributed by atoms with Crippen LogP contribution < -0.4 is 9.47 Å². The number of hydrogen-bond acceptors (Lipinski definition) is 5. The number of hydrogen-bond donors (Lipinski definition) is 0. The summed E-state index contributed by atoms with van der Waals surface area (Å²) in [6, 6.07) is 5.88. The van der Waals surface area contributed by atoms with Crippen molar-refractivity contribution in [2.45, 2.75) is 31.7 Å². The Morgan fingerprint density at radius 1 is 1.09 bits per heavy atom. The van der Waals surface area contributed by atoms with Crippen LogP contribution in [0.1, 0.15) is 37.3 Å². The van der Waals surface area contributed by atoms with Gasteiger partial charge in [0.25, 0.3) is 0 Å². The van der Waals surface area contributed by atoms with Gasteiger partial charge >= 0.3 is 5.97 Å². The van der Waals surface area contributed by atoms with Crippen LogP contribution in [0, 0.1) is 0 Å². The largest absolute Gasteiger partial charge is 0.493 e. The molecular formula is C17H26ClNO4. The molecule has 1 unspecified atom stereocenters. The Morgan fingerprint density at radius 2 is 1.74 bits per heavy atom. The maximum absolute atomic E-state index is 11.8. The number of benzene rings is 1. The summed E-state index contributed by atoms with van der Waals surface area (Å²) < 4.78 is 15.5. The van der Waals surface area contributed by atoms with Crippen LogP contribution in [0.25, 0.3) is 0 Å². The molecule has 0 spiro atoms. The van der Waals surface area contributed by atoms with Gasteiger partial charge in [-0.05, 0) is 43.6 Å². The maximum atomic E-state index is 11.8. The van der Waals surface area contributed by atoms with Crippen LogP contribution in [0.2, 0.25) is 0 Å². The predicted molar refractivity (Wildman–Crippen MR) is 91.6 cm³/mol. The van der Waals surface area contributed by atoms with Gasteiger partial charge in [-0.15, -0.1) is 12.4 Å². The van der Waals surface area contributed by atoms with Crippen molar-refractivity contribution in [3.63, 3.8) is 0 Å². The monoisotopic (exact) mass is 343 g/mol. The van der Waals surface area contributed by atoms with Gasteiger partial charge in [-0.25, -0.2) is 0 Å². The summed E-state index contributed by atoms with van der Waals surface area (Å²) in [5.41, 5.74) is 1.06. The number of carbonyl (C=O) groups is 1. The number of methoxy groups -OCH3 is 3. The molecule has 5 nitrogen and oxygen atoms in total. The summed E-state index contributed by atoms with van der Waals surface area (Å²) in [7, 11) is 4.68. The van der Waals surface area contributed by atoms with E-state index in [1.54, 1.807) is 14.2 Å². The van der Waals surface area contributed by atoms with Gasteiger partial charge in [-0.2, -0.15) is 0 Å². The summed E-state index contributed by atoms with van der Waals surface area (Å²) in [6.45, 7) is 2.02. The van der Waals surface area contributed by atoms with Crippen molar-refractivity contribution < 1.29 is 19.0 Å². The lowest BCUT2D eigenvalue weighted by Crippen LogP contribution is -2.35. The fourth-order valence-corrected chi connectivity index (χ4v) is 2.99. The van der Waals surface area contributed by atoms with Gasteiger partial charge in [0, 0.05) is 6.04 Å². The van der Waals surface area contributed by atoms with E-state index < -0.39 is 0 Å². The topological polar surface area (TPSA) is 48.0 Å². The molecule has 1 aliphatic rings. The van der Waals surface area contributed by atoms with E-state index in [1.807, 2.05) is 18.2 Å². The van der Waals surface area contributed by atoms with Crippen LogP contribution in [0.5, 0.6) is 11.5 Å². The van der Waals surface area contributed by atoms with Crippen LogP contribution in [0.4, 0.5) is 0 Å². The number of nitrogens with zero attached hydrogens (tertiary/aromatic N) is 1. The molecule has 0 aromatic heterocycles. The smallest absolute Gasteiger partial charge is 0.307 e. The van der Waals surface area contributed by atoms with Gasteiger partial charge in [0.15, 0.2) is 11.5 Å². The Balaban J connectivity index is 0.00000264. The van der Waals surface area contributed by atoms with Gasteiger partial charge in [0.2, 0.25) is 0 Å². The molecule has 1 atom stereocenters. The van der Waals surface area contributed by atoms with Gasteiger partial charge in [0.05, 0.1) is 27.8 Å². The third-order valence-electron chi connectivity index (χ3n) is 4.21. The second-order valence-corrected chi connectivity index (χ2v) is 5.51. The van der Waals surface area contributed by atoms with Crippen LogP contribution in [0.15, 0.2) is 18.2 Å². The average molecular weight is 344 g/mol. The Labute approximate surface area is 144 Å². The fraction of sp³-hybridized carbons (Fsp3) is 0.588. The molecule has 0 N–H and O–H groups in total. The van der Waals surface area contributed by atoms with Gasteiger partial charge in [-0.3, -0.25) is 9.69 Å². The molecule has 130 valence electrons. The van der Waals surface area contributed by atoms with Crippen LogP contribution in [-0.4, -0.2) is 45.3 Å². The number of carbonyl (C=O) groups excluding carboxylic acids is 1. The van der Waals surface area contributed by atoms with E-state index in [0.29, 0.717) is 17.9 Å². The SMILES string of the molecule is COC(=O)CC(c1ccc(OC)c(OC)c1)N1CCCCC1.Cl. The van der Waals surface area contributed by atoms with Crippen molar-refractivity contribution in [3.8, 4) is 11.5 Å². The molecule has 0 radical (unpaired) electrons. The molecule has 0 saturated carbocycles. The normalized spacial score (nSPS) is 16.1. The zero-order valence-corrected chi connectivity index (χ0v) is 14.9. The fourth-order valence-electron chi connectivity index (χ4n) is 2.99. The molecule has 0 bridgehead atoms. The Morgan fingerprint density at radius 3 is 2.30 bits per heavy atom. The number of likely N-dealkylation sites (tertiary alicyclic amines) is 1. The van der Waals surface area contributed by atoms with Crippen molar-refractivity contribution in [3.05, 3.63) is 23.8 Å². The first kappa shape index (κ1) is 19.6. The molecule has 0 amide bonds. The van der Waals surface area contributed by atoms with E-state index >= 15 is 0 Å². The highest BCUT2D eigenvalue weighted by Gasteiger charge is 2.26. The summed E-state index contributed by atoms with van der Waals surface area (Å²) in [4.78, 5) is 14.2. The average Bonchev–Trinajstić information content (AvgIpc) is 2.59. The minimum atomic E-state index is -0.189. The van der Waals surface area contributed by atoms with Crippen molar-refractivity contribution in [2.75, 3.05) is 34.4 Å². The van der Waals surface area contributed by atoms with E-state index in [4.69, 9.17) is 14.2 Å². The summed E-state index contributed by atoms with van der Waals surface area (Å²) in [5.74, 6) is 1.19. The third-order valence-corrected chi connectivity index (χ3v) is 4.21. The third kappa shape index (κ3) is 5.01. The van der Waals surface area contributed by atoms with E-state index in [0.717, 1.165) is 18.7 Å². The zero-order valence-electron chi connectivity index (χ0n) is 14.0. The molecular weight excluding hydrogens is 318 g/mol. The highest BCUT2D eigenvalue weighted by atomic mass is 35.5. The Kier molecular flexibility index (Phi) is 8.20. The Bertz CT molecular complexity index is 503. The molecule has 23 heavy (non-hydrogen) atoms. The summed E-state index contributed by atoms with van der Waals surface area (Å²) in [6.07, 6.45) is 3.95. The highest BCUT2D eigenvalue weighted by molar-refractivity contribution is 5.85. The van der Waals surface area contributed by atoms with Crippen LogP contribution in [-0.2, 0) is 9.53 Å². The summed E-state index contributed by atoms with van der Waals surface area (Å²) in [5, 5.41) is 0. The lowest BCUT2D eigenvalue weighted by Gasteiger charge is -2.34. The number of ether oxygens (including phenoxy) is 3. The highest BCUT2D eigenvalue weighted by Crippen LogP contribution is 2.34. The minimum Gasteiger partial charge on any atom is -0.493 e. The van der Waals surface area contributed by atoms with E-state index in [9.17, 15) is 4.79 Å². The number of halogens is 1. The molecule has 1 heterocycles. The standard InChI is InChI=1S/C17H25NO4.ClH/c1-20-15-8-7-13(11-16(15)21-2)14(12-17(19)22-3)18-9-5-4-6-10-18;/h7-8,11,14H,4-6,9-10,12H2,1-3H3;1H. The lowest BCUT2D eigenvalue weighted by molar-refractivity contribution is -0.142. The maximum Gasteiger partial charge on any atom is 0.307 e. The van der Waals surface area contributed by atoms with E-state index in [2.05, 4.69) is 4.90 Å². The van der Waals surface area contributed by atoms with Gasteiger partial charge in [0.1, 0.15) is 0 Å². The zero-order chi connectivity index (χ0) is 15.9. The second-order valence-electron chi connectivity index (χ2n) is 5.51. The minimum absolute atomic E-state index is 0. The second kappa shape index (κ2) is 9.63. The van der Waals surface area contributed by atoms with E-state index in [-0.39, 0.29) is 24.4 Å². The van der Waals surface area contributed by atoms with Gasteiger partial charge in [-0.1, -0.05) is 12.5 Å². The van der Waals surface area contributed by atoms with E-state index in [1.165, 1.54) is 26.4 Å². The van der Waals surface area contributed by atoms with Gasteiger partial charge < -0.3 is 14.2 Å². The first-order chi connectivity index (χ1) is 10.7. The van der Waals surface area contributed by atoms with Crippen molar-refractivity contribution in [1.82, 2.24) is 4.90 Å². The lowest BCUT2D eigenvalue weighted by atomic mass is 9.98. The molecule has 0 aliphatic carbocycles. The first-order valence-electron chi connectivity index (χ1n) is 7.72. The summed E-state index contributed by atoms with van der Waals surface area (Å²) >= 11 is 0. The number of rotatable bonds is 6. The molecule has 1 saturated heterocycles. The predicted octanol–water partition coefficient (Wildman–Crippen LogP) is 3.22. The van der Waals surface area contributed by atoms with Crippen LogP contribution >= 0.6 is 12.4 Å². The molecule has 6 heteroatoms. The quantitative estimate of drug-likeness (QED) is 0.742. The first-order valence-corrected chi connectivity index (χ1v) is 7.72. The number of esters is 1. The molecule has 1 aliphatic heterocycles. The molecule has 2 rings (SSSR count). The van der Waals surface area contributed by atoms with Crippen LogP contribution in [0.3, 0.4) is 0 Å². The van der Waals surface area contributed by atoms with Crippen molar-refractivity contribution in [2.24, 2.45) is 0 Å². The molecule has 1 aromatic rings. The Hall–Kier alpha value is -1.46. The van der Waals surface area contributed by atoms with Crippen molar-refractivity contribution in [1.29, 1.82) is 0 Å². The molecule has 1 aromatic carbocycles. The van der Waals surface area contributed by atoms with Crippen molar-refractivity contribution >= 4 is 18.4 Å². The molecule has 1 fully saturated rings. The number of piperidine rings is 1.